The van der Waals surface area contributed by atoms with Crippen molar-refractivity contribution < 1.29 is 14.4 Å². The summed E-state index contributed by atoms with van der Waals surface area (Å²) >= 11 is 7.78. The molecule has 0 aliphatic carbocycles. The first kappa shape index (κ1) is 15.5. The summed E-state index contributed by atoms with van der Waals surface area (Å²) < 4.78 is 0. The number of carbonyl (C=O) groups is 3. The molecule has 0 aromatic rings. The van der Waals surface area contributed by atoms with Gasteiger partial charge < -0.3 is 11.1 Å². The zero-order valence-electron chi connectivity index (χ0n) is 8.97. The number of thiol groups is 2. The molecule has 0 aromatic heterocycles. The molecule has 0 saturated heterocycles. The number of carbonyl (C=O) groups excluding carboxylic acids is 3. The van der Waals surface area contributed by atoms with E-state index in [4.69, 9.17) is 5.73 Å². The predicted octanol–water partition coefficient (Wildman–Crippen LogP) is -0.794. The number of ketones is 2. The molecule has 2 atom stereocenters. The molecule has 7 heteroatoms. The van der Waals surface area contributed by atoms with E-state index in [-0.39, 0.29) is 23.7 Å². The van der Waals surface area contributed by atoms with Crippen LogP contribution in [-0.4, -0.2) is 41.1 Å². The molecule has 16 heavy (non-hydrogen) atoms. The summed E-state index contributed by atoms with van der Waals surface area (Å²) in [6.07, 6.45) is -0.334. The van der Waals surface area contributed by atoms with E-state index in [0.717, 1.165) is 0 Å². The number of Topliss-reactive ketones (excluding diaryl/α,β-unsaturated/α-hetero) is 2. The first-order valence-corrected chi connectivity index (χ1v) is 5.98. The van der Waals surface area contributed by atoms with Crippen LogP contribution in [0.1, 0.15) is 13.3 Å². The fourth-order valence-corrected chi connectivity index (χ4v) is 1.46. The van der Waals surface area contributed by atoms with E-state index in [2.05, 4.69) is 30.6 Å². The molecule has 5 nitrogen and oxygen atoms in total. The number of nitrogens with one attached hydrogen (secondary N) is 1. The van der Waals surface area contributed by atoms with Gasteiger partial charge in [-0.05, 0) is 6.92 Å². The van der Waals surface area contributed by atoms with Crippen molar-refractivity contribution >= 4 is 42.7 Å². The molecule has 0 aliphatic rings. The molecule has 0 spiro atoms. The second kappa shape index (κ2) is 7.70. The third-order valence-electron chi connectivity index (χ3n) is 1.95. The van der Waals surface area contributed by atoms with Crippen LogP contribution in [0.15, 0.2) is 0 Å². The number of amides is 1. The van der Waals surface area contributed by atoms with E-state index in [9.17, 15) is 14.4 Å². The predicted molar refractivity (Wildman–Crippen MR) is 67.9 cm³/mol. The summed E-state index contributed by atoms with van der Waals surface area (Å²) in [5.74, 6) is -0.720. The summed E-state index contributed by atoms with van der Waals surface area (Å²) in [6.45, 7) is 1.35. The summed E-state index contributed by atoms with van der Waals surface area (Å²) in [7, 11) is 0. The second-order valence-corrected chi connectivity index (χ2v) is 4.08. The van der Waals surface area contributed by atoms with Crippen LogP contribution >= 0.6 is 25.3 Å². The fraction of sp³-hybridized carbons (Fsp3) is 0.667. The summed E-state index contributed by atoms with van der Waals surface area (Å²) in [6, 6.07) is -1.41. The maximum absolute atomic E-state index is 11.3. The number of rotatable bonds is 7. The van der Waals surface area contributed by atoms with E-state index in [1.165, 1.54) is 6.92 Å². The van der Waals surface area contributed by atoms with Gasteiger partial charge in [0.25, 0.3) is 0 Å². The number of nitrogens with two attached hydrogens (primary N) is 1. The lowest BCUT2D eigenvalue weighted by molar-refractivity contribution is -0.131. The number of hydrogen-bond acceptors (Lipinski definition) is 6. The van der Waals surface area contributed by atoms with Crippen LogP contribution in [0.3, 0.4) is 0 Å². The largest absolute Gasteiger partial charge is 0.345 e. The van der Waals surface area contributed by atoms with Crippen LogP contribution in [0.2, 0.25) is 0 Å². The minimum absolute atomic E-state index is 0.189. The van der Waals surface area contributed by atoms with Crippen molar-refractivity contribution in [3.8, 4) is 0 Å². The highest BCUT2D eigenvalue weighted by Gasteiger charge is 2.19. The molecule has 0 saturated carbocycles. The Bertz CT molecular complexity index is 284. The summed E-state index contributed by atoms with van der Waals surface area (Å²) in [5, 5.41) is 2.41. The molecular formula is C9H16N2O3S2. The molecule has 1 amide bonds. The van der Waals surface area contributed by atoms with Crippen LogP contribution in [0.25, 0.3) is 0 Å². The Morgan fingerprint density at radius 2 is 1.81 bits per heavy atom. The Morgan fingerprint density at radius 1 is 1.25 bits per heavy atom. The van der Waals surface area contributed by atoms with Crippen LogP contribution in [0.4, 0.5) is 0 Å². The molecule has 0 rings (SSSR count). The van der Waals surface area contributed by atoms with Gasteiger partial charge in [-0.2, -0.15) is 25.3 Å². The van der Waals surface area contributed by atoms with Gasteiger partial charge in [0, 0.05) is 11.5 Å². The maximum atomic E-state index is 11.3. The van der Waals surface area contributed by atoms with E-state index < -0.39 is 23.8 Å². The SMILES string of the molecule is CC(=O)[C@H](CS)NC(=O)CC(=O)[C@@H](N)CS. The maximum Gasteiger partial charge on any atom is 0.228 e. The van der Waals surface area contributed by atoms with Gasteiger partial charge in [-0.3, -0.25) is 14.4 Å². The Labute approximate surface area is 105 Å². The minimum atomic E-state index is -0.749. The standard InChI is InChI=1S/C9H16N2O3S2/c1-5(12)7(4-16)11-9(14)2-8(13)6(10)3-15/h6-7,15-16H,2-4,10H2,1H3,(H,11,14)/t6-,7-/m0/s1. The quantitative estimate of drug-likeness (QED) is 0.358. The first-order chi connectivity index (χ1) is 7.42. The highest BCUT2D eigenvalue weighted by molar-refractivity contribution is 7.80. The molecular weight excluding hydrogens is 248 g/mol. The highest BCUT2D eigenvalue weighted by Crippen LogP contribution is 1.95. The van der Waals surface area contributed by atoms with Gasteiger partial charge in [-0.15, -0.1) is 0 Å². The van der Waals surface area contributed by atoms with Crippen LogP contribution in [0, 0.1) is 0 Å². The van der Waals surface area contributed by atoms with Crippen molar-refractivity contribution in [2.24, 2.45) is 5.73 Å². The first-order valence-electron chi connectivity index (χ1n) is 4.72. The second-order valence-electron chi connectivity index (χ2n) is 3.35. The van der Waals surface area contributed by atoms with E-state index in [1.54, 1.807) is 0 Å². The van der Waals surface area contributed by atoms with E-state index in [0.29, 0.717) is 0 Å². The molecule has 0 heterocycles. The minimum Gasteiger partial charge on any atom is -0.345 e. The molecule has 0 fully saturated rings. The van der Waals surface area contributed by atoms with Gasteiger partial charge in [-0.25, -0.2) is 0 Å². The van der Waals surface area contributed by atoms with Crippen molar-refractivity contribution in [2.75, 3.05) is 11.5 Å². The smallest absolute Gasteiger partial charge is 0.228 e. The Kier molecular flexibility index (Phi) is 7.44. The zero-order chi connectivity index (χ0) is 12.7. The molecule has 3 N–H and O–H groups in total. The topological polar surface area (TPSA) is 89.3 Å². The highest BCUT2D eigenvalue weighted by atomic mass is 32.1. The van der Waals surface area contributed by atoms with Crippen LogP contribution in [-0.2, 0) is 14.4 Å². The van der Waals surface area contributed by atoms with Crippen molar-refractivity contribution in [3.05, 3.63) is 0 Å². The molecule has 0 aliphatic heterocycles. The third-order valence-corrected chi connectivity index (χ3v) is 2.71. The fourth-order valence-electron chi connectivity index (χ4n) is 0.912. The van der Waals surface area contributed by atoms with Crippen LogP contribution < -0.4 is 11.1 Å². The normalized spacial score (nSPS) is 14.0. The van der Waals surface area contributed by atoms with Crippen molar-refractivity contribution in [1.29, 1.82) is 0 Å². The Balaban J connectivity index is 4.17. The molecule has 92 valence electrons. The van der Waals surface area contributed by atoms with Gasteiger partial charge in [-0.1, -0.05) is 0 Å². The van der Waals surface area contributed by atoms with E-state index >= 15 is 0 Å². The van der Waals surface area contributed by atoms with Gasteiger partial charge in [0.15, 0.2) is 11.6 Å². The van der Waals surface area contributed by atoms with Gasteiger partial charge in [0.2, 0.25) is 5.91 Å². The molecule has 0 unspecified atom stereocenters. The Hall–Kier alpha value is -0.530. The average molecular weight is 264 g/mol. The summed E-state index contributed by atoms with van der Waals surface area (Å²) in [4.78, 5) is 33.6. The van der Waals surface area contributed by atoms with Crippen molar-refractivity contribution in [1.82, 2.24) is 5.32 Å². The molecule has 0 radical (unpaired) electrons. The number of hydrogen-bond donors (Lipinski definition) is 4. The van der Waals surface area contributed by atoms with Gasteiger partial charge in [0.1, 0.15) is 0 Å². The lowest BCUT2D eigenvalue weighted by atomic mass is 10.1. The zero-order valence-corrected chi connectivity index (χ0v) is 10.8. The van der Waals surface area contributed by atoms with Crippen molar-refractivity contribution in [3.63, 3.8) is 0 Å². The lowest BCUT2D eigenvalue weighted by Gasteiger charge is -2.13. The average Bonchev–Trinajstić information content (AvgIpc) is 2.23. The lowest BCUT2D eigenvalue weighted by Crippen LogP contribution is -2.43. The Morgan fingerprint density at radius 3 is 2.19 bits per heavy atom. The summed E-state index contributed by atoms with van der Waals surface area (Å²) in [5.41, 5.74) is 5.40. The third kappa shape index (κ3) is 5.53. The molecule has 0 bridgehead atoms. The molecule has 0 aromatic carbocycles. The van der Waals surface area contributed by atoms with Crippen molar-refractivity contribution in [2.45, 2.75) is 25.4 Å². The monoisotopic (exact) mass is 264 g/mol. The van der Waals surface area contributed by atoms with Crippen LogP contribution in [0.5, 0.6) is 0 Å². The van der Waals surface area contributed by atoms with Gasteiger partial charge >= 0.3 is 0 Å². The van der Waals surface area contributed by atoms with Gasteiger partial charge in [0.05, 0.1) is 18.5 Å². The van der Waals surface area contributed by atoms with E-state index in [1.807, 2.05) is 0 Å².